The van der Waals surface area contributed by atoms with Crippen molar-refractivity contribution in [2.45, 2.75) is 24.8 Å². The van der Waals surface area contributed by atoms with Crippen LogP contribution < -0.4 is 33.6 Å². The minimum absolute atomic E-state index is 0.0884. The van der Waals surface area contributed by atoms with E-state index in [1.165, 1.54) is 0 Å². The Morgan fingerprint density at radius 3 is 2.26 bits per heavy atom. The van der Waals surface area contributed by atoms with Crippen molar-refractivity contribution in [1.29, 1.82) is 0 Å². The SMILES string of the molecule is NC(N)=NCCCC(NC(=O)C(NC(=O)c1ccccc1)c1cccc(N=C(N)N)c1)B(O)O. The molecule has 34 heavy (non-hydrogen) atoms. The van der Waals surface area contributed by atoms with Crippen LogP contribution in [0.25, 0.3) is 0 Å². The summed E-state index contributed by atoms with van der Waals surface area (Å²) >= 11 is 0. The van der Waals surface area contributed by atoms with Gasteiger partial charge >= 0.3 is 7.12 Å². The van der Waals surface area contributed by atoms with Crippen molar-refractivity contribution >= 4 is 36.5 Å². The van der Waals surface area contributed by atoms with Crippen molar-refractivity contribution in [3.63, 3.8) is 0 Å². The zero-order valence-electron chi connectivity index (χ0n) is 18.5. The molecule has 13 heteroatoms. The smallest absolute Gasteiger partial charge is 0.426 e. The van der Waals surface area contributed by atoms with Gasteiger partial charge in [-0.1, -0.05) is 30.3 Å². The summed E-state index contributed by atoms with van der Waals surface area (Å²) in [6.07, 6.45) is 0.551. The molecule has 2 atom stereocenters. The molecular formula is C21H29BN8O4. The van der Waals surface area contributed by atoms with Crippen LogP contribution in [0.2, 0.25) is 0 Å². The first-order valence-electron chi connectivity index (χ1n) is 10.4. The van der Waals surface area contributed by atoms with E-state index in [1.807, 2.05) is 0 Å². The van der Waals surface area contributed by atoms with Gasteiger partial charge in [-0.3, -0.25) is 14.6 Å². The maximum absolute atomic E-state index is 13.2. The number of amides is 2. The molecule has 0 heterocycles. The lowest BCUT2D eigenvalue weighted by molar-refractivity contribution is -0.123. The Morgan fingerprint density at radius 2 is 1.65 bits per heavy atom. The average Bonchev–Trinajstić information content (AvgIpc) is 2.79. The first kappa shape index (κ1) is 26.2. The molecule has 12 N–H and O–H groups in total. The van der Waals surface area contributed by atoms with Crippen molar-refractivity contribution in [3.05, 3.63) is 65.7 Å². The van der Waals surface area contributed by atoms with Crippen molar-refractivity contribution in [2.24, 2.45) is 32.9 Å². The summed E-state index contributed by atoms with van der Waals surface area (Å²) in [7, 11) is -1.85. The second-order valence-electron chi connectivity index (χ2n) is 7.38. The molecule has 0 saturated heterocycles. The van der Waals surface area contributed by atoms with Crippen LogP contribution in [0, 0.1) is 0 Å². The molecule has 2 rings (SSSR count). The Morgan fingerprint density at radius 1 is 0.941 bits per heavy atom. The fraction of sp³-hybridized carbons (Fsp3) is 0.238. The second-order valence-corrected chi connectivity index (χ2v) is 7.38. The van der Waals surface area contributed by atoms with Gasteiger partial charge < -0.3 is 43.6 Å². The zero-order chi connectivity index (χ0) is 25.1. The third-order valence-corrected chi connectivity index (χ3v) is 4.69. The molecule has 12 nitrogen and oxygen atoms in total. The Hall–Kier alpha value is -4.10. The van der Waals surface area contributed by atoms with Gasteiger partial charge in [0.25, 0.3) is 5.91 Å². The van der Waals surface area contributed by atoms with Gasteiger partial charge in [0.2, 0.25) is 5.91 Å². The largest absolute Gasteiger partial charge is 0.475 e. The van der Waals surface area contributed by atoms with E-state index in [0.29, 0.717) is 23.2 Å². The third kappa shape index (κ3) is 8.45. The van der Waals surface area contributed by atoms with Crippen LogP contribution in [-0.4, -0.2) is 53.4 Å². The lowest BCUT2D eigenvalue weighted by Gasteiger charge is -2.23. The molecule has 0 aromatic heterocycles. The lowest BCUT2D eigenvalue weighted by Crippen LogP contribution is -2.50. The average molecular weight is 468 g/mol. The Kier molecular flexibility index (Phi) is 9.86. The predicted octanol–water partition coefficient (Wildman–Crippen LogP) is -1.39. The zero-order valence-corrected chi connectivity index (χ0v) is 18.5. The number of rotatable bonds is 11. The molecule has 2 amide bonds. The first-order chi connectivity index (χ1) is 16.2. The molecule has 180 valence electrons. The molecule has 2 unspecified atom stereocenters. The van der Waals surface area contributed by atoms with Crippen LogP contribution in [0.1, 0.15) is 34.8 Å². The Bertz CT molecular complexity index is 1020. The molecule has 0 aliphatic heterocycles. The normalized spacial score (nSPS) is 12.1. The van der Waals surface area contributed by atoms with E-state index in [0.717, 1.165) is 0 Å². The van der Waals surface area contributed by atoms with E-state index in [9.17, 15) is 19.6 Å². The molecule has 2 aromatic carbocycles. The number of carbonyl (C=O) groups excluding carboxylic acids is 2. The van der Waals surface area contributed by atoms with E-state index in [2.05, 4.69) is 20.6 Å². The van der Waals surface area contributed by atoms with Crippen molar-refractivity contribution < 1.29 is 19.6 Å². The van der Waals surface area contributed by atoms with Gasteiger partial charge in [0.15, 0.2) is 11.9 Å². The molecular weight excluding hydrogens is 439 g/mol. The van der Waals surface area contributed by atoms with E-state index in [4.69, 9.17) is 22.9 Å². The number of nitrogens with one attached hydrogen (secondary N) is 2. The minimum Gasteiger partial charge on any atom is -0.426 e. The van der Waals surface area contributed by atoms with E-state index < -0.39 is 30.9 Å². The Labute approximate surface area is 197 Å². The van der Waals surface area contributed by atoms with Gasteiger partial charge in [-0.15, -0.1) is 0 Å². The second kappa shape index (κ2) is 12.8. The van der Waals surface area contributed by atoms with Gasteiger partial charge in [-0.2, -0.15) is 0 Å². The summed E-state index contributed by atoms with van der Waals surface area (Å²) in [4.78, 5) is 33.8. The topological polar surface area (TPSA) is 227 Å². The van der Waals surface area contributed by atoms with E-state index in [-0.39, 0.29) is 24.9 Å². The fourth-order valence-electron chi connectivity index (χ4n) is 3.11. The van der Waals surface area contributed by atoms with E-state index >= 15 is 0 Å². The molecule has 0 spiro atoms. The summed E-state index contributed by atoms with van der Waals surface area (Å²) in [5, 5.41) is 24.7. The highest BCUT2D eigenvalue weighted by atomic mass is 16.4. The van der Waals surface area contributed by atoms with Crippen LogP contribution in [0.4, 0.5) is 5.69 Å². The van der Waals surface area contributed by atoms with Crippen LogP contribution in [0.5, 0.6) is 0 Å². The molecule has 0 radical (unpaired) electrons. The number of aliphatic imine (C=N–C) groups is 2. The highest BCUT2D eigenvalue weighted by molar-refractivity contribution is 6.43. The number of carbonyl (C=O) groups is 2. The number of nitrogens with two attached hydrogens (primary N) is 4. The maximum Gasteiger partial charge on any atom is 0.475 e. The number of nitrogens with zero attached hydrogens (tertiary/aromatic N) is 2. The molecule has 0 aliphatic carbocycles. The number of benzene rings is 2. The monoisotopic (exact) mass is 468 g/mol. The van der Waals surface area contributed by atoms with E-state index in [1.54, 1.807) is 54.6 Å². The van der Waals surface area contributed by atoms with Crippen molar-refractivity contribution in [1.82, 2.24) is 10.6 Å². The van der Waals surface area contributed by atoms with Crippen molar-refractivity contribution in [2.75, 3.05) is 6.54 Å². The third-order valence-electron chi connectivity index (χ3n) is 4.69. The van der Waals surface area contributed by atoms with Crippen LogP contribution in [0.15, 0.2) is 64.6 Å². The fourth-order valence-corrected chi connectivity index (χ4v) is 3.11. The van der Waals surface area contributed by atoms with Gasteiger partial charge in [0.1, 0.15) is 6.04 Å². The molecule has 2 aromatic rings. The molecule has 0 saturated carbocycles. The molecule has 0 fully saturated rings. The quantitative estimate of drug-likeness (QED) is 0.0845. The van der Waals surface area contributed by atoms with Crippen LogP contribution >= 0.6 is 0 Å². The van der Waals surface area contributed by atoms with Gasteiger partial charge in [-0.25, -0.2) is 4.99 Å². The summed E-state index contributed by atoms with van der Waals surface area (Å²) in [6, 6.07) is 13.6. The number of hydrogen-bond donors (Lipinski definition) is 8. The van der Waals surface area contributed by atoms with Gasteiger partial charge in [-0.05, 0) is 42.7 Å². The molecule has 0 aliphatic rings. The first-order valence-corrected chi connectivity index (χ1v) is 10.4. The summed E-state index contributed by atoms with van der Waals surface area (Å²) in [5.41, 5.74) is 22.6. The number of hydrogen-bond acceptors (Lipinski definition) is 6. The summed E-state index contributed by atoms with van der Waals surface area (Å²) in [6.45, 7) is 0.246. The standard InChI is InChI=1S/C21H29BN8O4/c23-20(24)27-11-5-10-16(22(33)34)29-19(32)17(30-18(31)13-6-2-1-3-7-13)14-8-4-9-15(12-14)28-21(25)26/h1-4,6-9,12,16-17,33-34H,5,10-11H2,(H,29,32)(H,30,31)(H4,23,24,27)(H4,25,26,28). The van der Waals surface area contributed by atoms with Crippen LogP contribution in [0.3, 0.4) is 0 Å². The highest BCUT2D eigenvalue weighted by Crippen LogP contribution is 2.21. The van der Waals surface area contributed by atoms with Crippen LogP contribution in [-0.2, 0) is 4.79 Å². The highest BCUT2D eigenvalue weighted by Gasteiger charge is 2.30. The van der Waals surface area contributed by atoms with Crippen molar-refractivity contribution in [3.8, 4) is 0 Å². The Balaban J connectivity index is 2.28. The summed E-state index contributed by atoms with van der Waals surface area (Å²) in [5.74, 6) is -2.45. The summed E-state index contributed by atoms with van der Waals surface area (Å²) < 4.78 is 0. The lowest BCUT2D eigenvalue weighted by atomic mass is 9.76. The predicted molar refractivity (Wildman–Crippen MR) is 131 cm³/mol. The maximum atomic E-state index is 13.2. The number of guanidine groups is 2. The minimum atomic E-state index is -1.85. The van der Waals surface area contributed by atoms with Gasteiger partial charge in [0.05, 0.1) is 11.6 Å². The molecule has 0 bridgehead atoms. The van der Waals surface area contributed by atoms with Gasteiger partial charge in [0, 0.05) is 12.1 Å².